The predicted molar refractivity (Wildman–Crippen MR) is 66.8 cm³/mol. The summed E-state index contributed by atoms with van der Waals surface area (Å²) < 4.78 is 0.928. The van der Waals surface area contributed by atoms with Crippen molar-refractivity contribution in [2.75, 3.05) is 11.1 Å². The fraction of sp³-hybridized carbons (Fsp3) is 0.364. The number of allylic oxidation sites excluding steroid dienone is 1. The number of rotatable bonds is 2. The third kappa shape index (κ3) is 2.72. The Balaban J connectivity index is 2.06. The molecule has 0 aliphatic heterocycles. The maximum absolute atomic E-state index is 5.63. The average molecular weight is 268 g/mol. The van der Waals surface area contributed by atoms with Gasteiger partial charge in [0.15, 0.2) is 0 Å². The fourth-order valence-electron chi connectivity index (χ4n) is 1.68. The molecule has 3 nitrogen and oxygen atoms in total. The summed E-state index contributed by atoms with van der Waals surface area (Å²) in [5, 5.41) is 3.41. The van der Waals surface area contributed by atoms with Crippen LogP contribution in [-0.4, -0.2) is 11.0 Å². The van der Waals surface area contributed by atoms with Gasteiger partial charge in [-0.25, -0.2) is 4.98 Å². The Morgan fingerprint density at radius 2 is 2.33 bits per heavy atom. The summed E-state index contributed by atoms with van der Waals surface area (Å²) in [5.74, 6) is 0.879. The Morgan fingerprint density at radius 1 is 1.47 bits per heavy atom. The van der Waals surface area contributed by atoms with Gasteiger partial charge in [-0.1, -0.05) is 12.2 Å². The van der Waals surface area contributed by atoms with Gasteiger partial charge < -0.3 is 11.1 Å². The second-order valence-corrected chi connectivity index (χ2v) is 4.58. The average Bonchev–Trinajstić information content (AvgIpc) is 2.24. The van der Waals surface area contributed by atoms with Gasteiger partial charge in [-0.3, -0.25) is 0 Å². The number of nitrogens with zero attached hydrogens (tertiary/aromatic N) is 1. The quantitative estimate of drug-likeness (QED) is 0.811. The molecular weight excluding hydrogens is 254 g/mol. The molecular formula is C11H14BrN3. The normalized spacial score (nSPS) is 20.2. The lowest BCUT2D eigenvalue weighted by Crippen LogP contribution is -2.21. The molecule has 2 rings (SSSR count). The van der Waals surface area contributed by atoms with Crippen molar-refractivity contribution in [2.45, 2.75) is 25.3 Å². The highest BCUT2D eigenvalue weighted by molar-refractivity contribution is 9.10. The Kier molecular flexibility index (Phi) is 3.26. The predicted octanol–water partition coefficient (Wildman–Crippen LogP) is 2.95. The van der Waals surface area contributed by atoms with Gasteiger partial charge in [0.25, 0.3) is 0 Å². The van der Waals surface area contributed by atoms with E-state index in [1.807, 2.05) is 6.07 Å². The van der Waals surface area contributed by atoms with Crippen molar-refractivity contribution in [1.29, 1.82) is 0 Å². The van der Waals surface area contributed by atoms with Crippen molar-refractivity contribution in [2.24, 2.45) is 0 Å². The van der Waals surface area contributed by atoms with Crippen LogP contribution in [-0.2, 0) is 0 Å². The largest absolute Gasteiger partial charge is 0.397 e. The number of aromatic nitrogens is 1. The van der Waals surface area contributed by atoms with Crippen LogP contribution >= 0.6 is 15.9 Å². The van der Waals surface area contributed by atoms with Gasteiger partial charge in [0.1, 0.15) is 5.82 Å². The zero-order valence-corrected chi connectivity index (χ0v) is 10.00. The van der Waals surface area contributed by atoms with Gasteiger partial charge in [0, 0.05) is 6.04 Å². The Bertz CT molecular complexity index is 376. The minimum atomic E-state index is 0.488. The smallest absolute Gasteiger partial charge is 0.140 e. The van der Waals surface area contributed by atoms with Crippen LogP contribution < -0.4 is 11.1 Å². The van der Waals surface area contributed by atoms with Crippen molar-refractivity contribution in [3.8, 4) is 0 Å². The molecule has 0 saturated heterocycles. The van der Waals surface area contributed by atoms with Crippen molar-refractivity contribution >= 4 is 27.4 Å². The van der Waals surface area contributed by atoms with Crippen molar-refractivity contribution in [1.82, 2.24) is 4.98 Å². The zero-order chi connectivity index (χ0) is 10.7. The van der Waals surface area contributed by atoms with E-state index in [0.717, 1.165) is 29.6 Å². The standard InChI is InChI=1S/C11H14BrN3/c12-10-6-8(13)7-14-11(10)15-9-4-2-1-3-5-9/h1-2,6-7,9H,3-5,13H2,(H,14,15). The number of hydrogen-bond acceptors (Lipinski definition) is 3. The number of pyridine rings is 1. The first kappa shape index (κ1) is 10.5. The second-order valence-electron chi connectivity index (χ2n) is 3.72. The number of nitrogen functional groups attached to an aromatic ring is 1. The number of nitrogens with one attached hydrogen (secondary N) is 1. The molecule has 1 aromatic heterocycles. The second kappa shape index (κ2) is 4.66. The van der Waals surface area contributed by atoms with E-state index in [4.69, 9.17) is 5.73 Å². The fourth-order valence-corrected chi connectivity index (χ4v) is 2.16. The van der Waals surface area contributed by atoms with Crippen molar-refractivity contribution < 1.29 is 0 Å². The first-order valence-electron chi connectivity index (χ1n) is 5.08. The van der Waals surface area contributed by atoms with E-state index in [-0.39, 0.29) is 0 Å². The number of halogens is 1. The van der Waals surface area contributed by atoms with Gasteiger partial charge >= 0.3 is 0 Å². The molecule has 0 bridgehead atoms. The van der Waals surface area contributed by atoms with Crippen LogP contribution in [0.2, 0.25) is 0 Å². The van der Waals surface area contributed by atoms with Gasteiger partial charge in [0.05, 0.1) is 16.4 Å². The summed E-state index contributed by atoms with van der Waals surface area (Å²) in [6, 6.07) is 2.36. The van der Waals surface area contributed by atoms with Crippen LogP contribution in [0.5, 0.6) is 0 Å². The number of hydrogen-bond donors (Lipinski definition) is 2. The summed E-state index contributed by atoms with van der Waals surface area (Å²) >= 11 is 3.45. The zero-order valence-electron chi connectivity index (χ0n) is 8.41. The molecule has 1 aliphatic rings. The van der Waals surface area contributed by atoms with E-state index in [0.29, 0.717) is 11.7 Å². The van der Waals surface area contributed by atoms with Crippen LogP contribution in [0, 0.1) is 0 Å². The highest BCUT2D eigenvalue weighted by Gasteiger charge is 2.11. The van der Waals surface area contributed by atoms with Gasteiger partial charge in [-0.15, -0.1) is 0 Å². The highest BCUT2D eigenvalue weighted by Crippen LogP contribution is 2.24. The van der Waals surface area contributed by atoms with E-state index in [1.54, 1.807) is 6.20 Å². The van der Waals surface area contributed by atoms with Gasteiger partial charge in [-0.05, 0) is 41.3 Å². The summed E-state index contributed by atoms with van der Waals surface area (Å²) in [7, 11) is 0. The Labute approximate surface area is 97.9 Å². The lowest BCUT2D eigenvalue weighted by Gasteiger charge is -2.20. The lowest BCUT2D eigenvalue weighted by atomic mass is 10.0. The molecule has 15 heavy (non-hydrogen) atoms. The number of nitrogens with two attached hydrogens (primary N) is 1. The lowest BCUT2D eigenvalue weighted by molar-refractivity contribution is 0.642. The molecule has 0 aromatic carbocycles. The van der Waals surface area contributed by atoms with E-state index < -0.39 is 0 Å². The molecule has 1 heterocycles. The molecule has 1 unspecified atom stereocenters. The Hall–Kier alpha value is -1.03. The van der Waals surface area contributed by atoms with Crippen LogP contribution in [0.4, 0.5) is 11.5 Å². The van der Waals surface area contributed by atoms with E-state index >= 15 is 0 Å². The molecule has 0 radical (unpaired) electrons. The molecule has 4 heteroatoms. The molecule has 3 N–H and O–H groups in total. The summed E-state index contributed by atoms with van der Waals surface area (Å²) in [6.45, 7) is 0. The SMILES string of the molecule is Nc1cnc(NC2CC=CCC2)c(Br)c1. The van der Waals surface area contributed by atoms with E-state index in [1.165, 1.54) is 0 Å². The van der Waals surface area contributed by atoms with Crippen LogP contribution in [0.25, 0.3) is 0 Å². The first-order valence-corrected chi connectivity index (χ1v) is 5.87. The summed E-state index contributed by atoms with van der Waals surface area (Å²) in [5.41, 5.74) is 6.31. The molecule has 0 fully saturated rings. The molecule has 80 valence electrons. The van der Waals surface area contributed by atoms with Gasteiger partial charge in [-0.2, -0.15) is 0 Å². The van der Waals surface area contributed by atoms with Crippen LogP contribution in [0.1, 0.15) is 19.3 Å². The molecule has 1 aliphatic carbocycles. The minimum Gasteiger partial charge on any atom is -0.397 e. The molecule has 0 spiro atoms. The maximum Gasteiger partial charge on any atom is 0.140 e. The van der Waals surface area contributed by atoms with Crippen LogP contribution in [0.15, 0.2) is 28.9 Å². The summed E-state index contributed by atoms with van der Waals surface area (Å²) in [4.78, 5) is 4.26. The van der Waals surface area contributed by atoms with Gasteiger partial charge in [0.2, 0.25) is 0 Å². The third-order valence-electron chi connectivity index (χ3n) is 2.47. The Morgan fingerprint density at radius 3 is 3.00 bits per heavy atom. The molecule has 0 amide bonds. The number of anilines is 2. The van der Waals surface area contributed by atoms with E-state index in [9.17, 15) is 0 Å². The van der Waals surface area contributed by atoms with E-state index in [2.05, 4.69) is 38.4 Å². The summed E-state index contributed by atoms with van der Waals surface area (Å²) in [6.07, 6.45) is 9.49. The maximum atomic E-state index is 5.63. The topological polar surface area (TPSA) is 50.9 Å². The third-order valence-corrected chi connectivity index (χ3v) is 3.08. The van der Waals surface area contributed by atoms with Crippen LogP contribution in [0.3, 0.4) is 0 Å². The molecule has 0 saturated carbocycles. The monoisotopic (exact) mass is 267 g/mol. The van der Waals surface area contributed by atoms with Crippen molar-refractivity contribution in [3.63, 3.8) is 0 Å². The first-order chi connectivity index (χ1) is 7.25. The molecule has 1 atom stereocenters. The molecule has 1 aromatic rings. The minimum absolute atomic E-state index is 0.488. The highest BCUT2D eigenvalue weighted by atomic mass is 79.9. The van der Waals surface area contributed by atoms with Crippen molar-refractivity contribution in [3.05, 3.63) is 28.9 Å².